The van der Waals surface area contributed by atoms with Crippen LogP contribution in [0.15, 0.2) is 45.8 Å². The summed E-state index contributed by atoms with van der Waals surface area (Å²) in [7, 11) is -3.69. The fourth-order valence-corrected chi connectivity index (χ4v) is 3.32. The zero-order chi connectivity index (χ0) is 15.2. The van der Waals surface area contributed by atoms with Crippen LogP contribution >= 0.6 is 0 Å². The first-order chi connectivity index (χ1) is 10.6. The lowest BCUT2D eigenvalue weighted by molar-refractivity contribution is 0.171. The summed E-state index contributed by atoms with van der Waals surface area (Å²) in [6.45, 7) is 0.994. The van der Waals surface area contributed by atoms with Crippen LogP contribution in [-0.2, 0) is 10.0 Å². The van der Waals surface area contributed by atoms with Crippen molar-refractivity contribution in [1.29, 1.82) is 0 Å². The van der Waals surface area contributed by atoms with E-state index in [-0.39, 0.29) is 4.90 Å². The monoisotopic (exact) mass is 317 g/mol. The zero-order valence-corrected chi connectivity index (χ0v) is 12.2. The highest BCUT2D eigenvalue weighted by atomic mass is 32.2. The lowest BCUT2D eigenvalue weighted by atomic mass is 10.2. The molecule has 0 unspecified atom stereocenters. The van der Waals surface area contributed by atoms with Gasteiger partial charge in [0.25, 0.3) is 10.0 Å². The van der Waals surface area contributed by atoms with Gasteiger partial charge in [-0.2, -0.15) is 8.42 Å². The molecule has 1 aromatic carbocycles. The zero-order valence-electron chi connectivity index (χ0n) is 11.3. The fraction of sp³-hybridized carbons (Fsp3) is 0.143. The number of anilines is 2. The molecule has 4 rings (SSSR count). The quantitative estimate of drug-likeness (QED) is 0.796. The van der Waals surface area contributed by atoms with Gasteiger partial charge < -0.3 is 9.47 Å². The predicted molar refractivity (Wildman–Crippen MR) is 79.5 cm³/mol. The van der Waals surface area contributed by atoms with Gasteiger partial charge in [-0.05, 0) is 24.3 Å². The molecule has 0 spiro atoms. The van der Waals surface area contributed by atoms with Gasteiger partial charge in [0.2, 0.25) is 0 Å². The van der Waals surface area contributed by atoms with Crippen LogP contribution in [0.2, 0.25) is 0 Å². The Bertz CT molecular complexity index is 879. The van der Waals surface area contributed by atoms with E-state index in [2.05, 4.69) is 9.38 Å². The van der Waals surface area contributed by atoms with Crippen LogP contribution in [0.1, 0.15) is 0 Å². The number of hydrogen-bond donors (Lipinski definition) is 0. The van der Waals surface area contributed by atoms with Crippen LogP contribution in [-0.4, -0.2) is 33.0 Å². The van der Waals surface area contributed by atoms with Crippen molar-refractivity contribution in [2.75, 3.05) is 18.1 Å². The highest BCUT2D eigenvalue weighted by Gasteiger charge is 2.27. The van der Waals surface area contributed by atoms with E-state index >= 15 is 0 Å². The van der Waals surface area contributed by atoms with Gasteiger partial charge in [-0.15, -0.1) is 4.40 Å². The summed E-state index contributed by atoms with van der Waals surface area (Å²) in [5.41, 5.74) is 0.697. The minimum atomic E-state index is -3.69. The first-order valence-corrected chi connectivity index (χ1v) is 8.03. The number of ether oxygens (including phenoxy) is 2. The summed E-state index contributed by atoms with van der Waals surface area (Å²) in [5.74, 6) is 1.59. The number of rotatable bonds is 1. The Morgan fingerprint density at radius 1 is 1.09 bits per heavy atom. The molecule has 3 heterocycles. The molecular formula is C14H11N3O4S. The van der Waals surface area contributed by atoms with Crippen LogP contribution in [0, 0.1) is 0 Å². The number of hydrogen-bond acceptors (Lipinski definition) is 6. The fourth-order valence-electron chi connectivity index (χ4n) is 2.36. The van der Waals surface area contributed by atoms with Crippen LogP contribution in [0.25, 0.3) is 0 Å². The van der Waals surface area contributed by atoms with Crippen molar-refractivity contribution >= 4 is 27.9 Å². The summed E-state index contributed by atoms with van der Waals surface area (Å²) in [6, 6.07) is 8.41. The van der Waals surface area contributed by atoms with Gasteiger partial charge in [0.1, 0.15) is 24.4 Å². The molecule has 0 amide bonds. The molecule has 0 radical (unpaired) electrons. The van der Waals surface area contributed by atoms with Crippen molar-refractivity contribution in [2.24, 2.45) is 4.40 Å². The normalized spacial score (nSPS) is 17.9. The highest BCUT2D eigenvalue weighted by molar-refractivity contribution is 7.90. The van der Waals surface area contributed by atoms with Gasteiger partial charge >= 0.3 is 0 Å². The van der Waals surface area contributed by atoms with Gasteiger partial charge in [-0.25, -0.2) is 4.98 Å². The van der Waals surface area contributed by atoms with Crippen LogP contribution < -0.4 is 14.4 Å². The van der Waals surface area contributed by atoms with E-state index in [0.29, 0.717) is 36.2 Å². The molecular weight excluding hydrogens is 306 g/mol. The van der Waals surface area contributed by atoms with Crippen molar-refractivity contribution in [2.45, 2.75) is 4.90 Å². The van der Waals surface area contributed by atoms with E-state index in [1.165, 1.54) is 12.4 Å². The molecule has 2 aliphatic rings. The Morgan fingerprint density at radius 2 is 1.91 bits per heavy atom. The molecule has 0 N–H and O–H groups in total. The largest absolute Gasteiger partial charge is 0.486 e. The van der Waals surface area contributed by atoms with Gasteiger partial charge in [-0.3, -0.25) is 4.90 Å². The average Bonchev–Trinajstić information content (AvgIpc) is 2.55. The Morgan fingerprint density at radius 3 is 2.77 bits per heavy atom. The number of nitrogens with zero attached hydrogens (tertiary/aromatic N) is 3. The van der Waals surface area contributed by atoms with E-state index < -0.39 is 10.0 Å². The van der Waals surface area contributed by atoms with Crippen molar-refractivity contribution in [1.82, 2.24) is 4.98 Å². The highest BCUT2D eigenvalue weighted by Crippen LogP contribution is 2.38. The molecule has 22 heavy (non-hydrogen) atoms. The van der Waals surface area contributed by atoms with Crippen molar-refractivity contribution in [3.8, 4) is 11.5 Å². The second-order valence-electron chi connectivity index (χ2n) is 4.72. The van der Waals surface area contributed by atoms with Crippen molar-refractivity contribution in [3.63, 3.8) is 0 Å². The Hall–Kier alpha value is -2.61. The second-order valence-corrected chi connectivity index (χ2v) is 6.32. The maximum atomic E-state index is 12.0. The van der Waals surface area contributed by atoms with Gasteiger partial charge in [0, 0.05) is 12.3 Å². The summed E-state index contributed by atoms with van der Waals surface area (Å²) < 4.78 is 38.6. The molecule has 8 heteroatoms. The molecule has 0 saturated carbocycles. The maximum absolute atomic E-state index is 12.0. The molecule has 2 aliphatic heterocycles. The Kier molecular flexibility index (Phi) is 2.80. The molecule has 0 atom stereocenters. The minimum absolute atomic E-state index is 0.0763. The maximum Gasteiger partial charge on any atom is 0.287 e. The van der Waals surface area contributed by atoms with Gasteiger partial charge in [0.15, 0.2) is 17.3 Å². The standard InChI is InChI=1S/C14H11N3O4S/c18-22(19)13-2-1-5-15-14(13)17(9-16-22)10-3-4-11-12(8-10)21-7-6-20-11/h1-5,8-9H,6-7H2. The van der Waals surface area contributed by atoms with Crippen LogP contribution in [0.3, 0.4) is 0 Å². The first-order valence-electron chi connectivity index (χ1n) is 6.59. The molecule has 2 aromatic rings. The van der Waals surface area contributed by atoms with E-state index in [4.69, 9.17) is 9.47 Å². The van der Waals surface area contributed by atoms with E-state index in [1.807, 2.05) is 0 Å². The van der Waals surface area contributed by atoms with E-state index in [1.54, 1.807) is 35.4 Å². The Balaban J connectivity index is 1.84. The van der Waals surface area contributed by atoms with Crippen LogP contribution in [0.5, 0.6) is 11.5 Å². The summed E-state index contributed by atoms with van der Waals surface area (Å²) in [6.07, 6.45) is 2.79. The smallest absolute Gasteiger partial charge is 0.287 e. The molecule has 0 aliphatic carbocycles. The lowest BCUT2D eigenvalue weighted by Crippen LogP contribution is -2.24. The summed E-state index contributed by atoms with van der Waals surface area (Å²) >= 11 is 0. The van der Waals surface area contributed by atoms with Crippen molar-refractivity contribution in [3.05, 3.63) is 36.5 Å². The molecule has 0 bridgehead atoms. The van der Waals surface area contributed by atoms with Crippen LogP contribution in [0.4, 0.5) is 11.5 Å². The molecule has 1 aromatic heterocycles. The molecule has 112 valence electrons. The third-order valence-electron chi connectivity index (χ3n) is 3.36. The average molecular weight is 317 g/mol. The third-order valence-corrected chi connectivity index (χ3v) is 4.61. The summed E-state index contributed by atoms with van der Waals surface area (Å²) in [4.78, 5) is 5.85. The lowest BCUT2D eigenvalue weighted by Gasteiger charge is -2.25. The van der Waals surface area contributed by atoms with Crippen molar-refractivity contribution < 1.29 is 17.9 Å². The van der Waals surface area contributed by atoms with Gasteiger partial charge in [0.05, 0.1) is 5.69 Å². The molecule has 0 saturated heterocycles. The number of sulfonamides is 1. The van der Waals surface area contributed by atoms with E-state index in [9.17, 15) is 8.42 Å². The third kappa shape index (κ3) is 2.00. The molecule has 0 fully saturated rings. The summed E-state index contributed by atoms with van der Waals surface area (Å²) in [5, 5.41) is 0. The molecule has 7 nitrogen and oxygen atoms in total. The minimum Gasteiger partial charge on any atom is -0.486 e. The number of benzene rings is 1. The number of pyridine rings is 1. The van der Waals surface area contributed by atoms with Gasteiger partial charge in [-0.1, -0.05) is 0 Å². The number of aromatic nitrogens is 1. The Labute approximate surface area is 126 Å². The SMILES string of the molecule is O=S1(=O)N=CN(c2ccc3c(c2)OCCO3)c2ncccc21. The topological polar surface area (TPSA) is 81.1 Å². The first kappa shape index (κ1) is 13.1. The van der Waals surface area contributed by atoms with E-state index in [0.717, 1.165) is 0 Å². The predicted octanol–water partition coefficient (Wildman–Crippen LogP) is 1.72. The number of fused-ring (bicyclic) bond motifs is 2. The second kappa shape index (κ2) is 4.70.